The summed E-state index contributed by atoms with van der Waals surface area (Å²) in [6.45, 7) is 0.485. The van der Waals surface area contributed by atoms with E-state index in [9.17, 15) is 5.11 Å². The molecule has 2 aromatic carbocycles. The van der Waals surface area contributed by atoms with Crippen LogP contribution < -0.4 is 9.47 Å². The Morgan fingerprint density at radius 2 is 1.76 bits per heavy atom. The van der Waals surface area contributed by atoms with Crippen LogP contribution in [0.15, 0.2) is 54.6 Å². The van der Waals surface area contributed by atoms with Crippen LogP contribution in [0.5, 0.6) is 11.5 Å². The highest BCUT2D eigenvalue weighted by Crippen LogP contribution is 2.28. The van der Waals surface area contributed by atoms with Gasteiger partial charge in [0.25, 0.3) is 0 Å². The highest BCUT2D eigenvalue weighted by atomic mass is 16.5. The molecule has 1 aliphatic rings. The van der Waals surface area contributed by atoms with Gasteiger partial charge in [-0.25, -0.2) is 0 Å². The van der Waals surface area contributed by atoms with E-state index in [1.807, 2.05) is 54.6 Å². The molecule has 1 unspecified atom stereocenters. The van der Waals surface area contributed by atoms with Gasteiger partial charge in [-0.1, -0.05) is 30.3 Å². The summed E-state index contributed by atoms with van der Waals surface area (Å²) in [6, 6.07) is 17.4. The third kappa shape index (κ3) is 4.23. The highest BCUT2D eigenvalue weighted by molar-refractivity contribution is 5.30. The Morgan fingerprint density at radius 3 is 2.52 bits per heavy atom. The monoisotopic (exact) mass is 284 g/mol. The van der Waals surface area contributed by atoms with Crippen molar-refractivity contribution in [1.82, 2.24) is 0 Å². The minimum atomic E-state index is -0.531. The highest BCUT2D eigenvalue weighted by Gasteiger charge is 2.23. The number of aliphatic hydroxyl groups is 1. The second kappa shape index (κ2) is 6.64. The molecule has 1 fully saturated rings. The summed E-state index contributed by atoms with van der Waals surface area (Å²) in [4.78, 5) is 0. The SMILES string of the molecule is OC(CCOc1ccccc1)c1cccc(OC2CC2)c1. The first-order valence-corrected chi connectivity index (χ1v) is 7.44. The minimum Gasteiger partial charge on any atom is -0.493 e. The van der Waals surface area contributed by atoms with Crippen molar-refractivity contribution in [3.63, 3.8) is 0 Å². The number of aliphatic hydroxyl groups excluding tert-OH is 1. The third-order valence-electron chi connectivity index (χ3n) is 3.47. The molecule has 1 aliphatic carbocycles. The van der Waals surface area contributed by atoms with E-state index < -0.39 is 6.10 Å². The molecular formula is C18H20O3. The number of hydrogen-bond donors (Lipinski definition) is 1. The lowest BCUT2D eigenvalue weighted by Gasteiger charge is -2.13. The van der Waals surface area contributed by atoms with Crippen LogP contribution in [0.1, 0.15) is 30.9 Å². The second-order valence-corrected chi connectivity index (χ2v) is 5.36. The number of para-hydroxylation sites is 1. The Hall–Kier alpha value is -2.00. The molecular weight excluding hydrogens is 264 g/mol. The molecule has 2 aromatic rings. The van der Waals surface area contributed by atoms with Crippen molar-refractivity contribution in [2.45, 2.75) is 31.5 Å². The van der Waals surface area contributed by atoms with Crippen LogP contribution in [-0.4, -0.2) is 17.8 Å². The Morgan fingerprint density at radius 1 is 1.00 bits per heavy atom. The van der Waals surface area contributed by atoms with Crippen molar-refractivity contribution in [2.24, 2.45) is 0 Å². The van der Waals surface area contributed by atoms with Crippen molar-refractivity contribution in [3.8, 4) is 11.5 Å². The molecule has 3 nitrogen and oxygen atoms in total. The largest absolute Gasteiger partial charge is 0.493 e. The van der Waals surface area contributed by atoms with Crippen molar-refractivity contribution >= 4 is 0 Å². The molecule has 21 heavy (non-hydrogen) atoms. The van der Waals surface area contributed by atoms with Crippen molar-refractivity contribution in [1.29, 1.82) is 0 Å². The van der Waals surface area contributed by atoms with Gasteiger partial charge in [0.2, 0.25) is 0 Å². The van der Waals surface area contributed by atoms with Crippen molar-refractivity contribution < 1.29 is 14.6 Å². The normalized spacial score (nSPS) is 15.5. The number of ether oxygens (including phenoxy) is 2. The molecule has 3 heteroatoms. The van der Waals surface area contributed by atoms with E-state index in [0.29, 0.717) is 19.1 Å². The van der Waals surface area contributed by atoms with Crippen LogP contribution in [-0.2, 0) is 0 Å². The van der Waals surface area contributed by atoms with Gasteiger partial charge < -0.3 is 14.6 Å². The maximum absolute atomic E-state index is 10.2. The van der Waals surface area contributed by atoms with Gasteiger partial charge >= 0.3 is 0 Å². The molecule has 0 amide bonds. The molecule has 1 N–H and O–H groups in total. The van der Waals surface area contributed by atoms with Crippen LogP contribution in [0.25, 0.3) is 0 Å². The third-order valence-corrected chi connectivity index (χ3v) is 3.47. The number of hydrogen-bond acceptors (Lipinski definition) is 3. The molecule has 0 aromatic heterocycles. The van der Waals surface area contributed by atoms with Gasteiger partial charge in [-0.15, -0.1) is 0 Å². The van der Waals surface area contributed by atoms with Gasteiger partial charge in [0.05, 0.1) is 18.8 Å². The molecule has 3 rings (SSSR count). The molecule has 1 saturated carbocycles. The predicted molar refractivity (Wildman–Crippen MR) is 81.6 cm³/mol. The maximum Gasteiger partial charge on any atom is 0.120 e. The molecule has 0 radical (unpaired) electrons. The summed E-state index contributed by atoms with van der Waals surface area (Å²) in [5.41, 5.74) is 0.879. The van der Waals surface area contributed by atoms with E-state index >= 15 is 0 Å². The Kier molecular flexibility index (Phi) is 4.41. The average molecular weight is 284 g/mol. The Bertz CT molecular complexity index is 564. The van der Waals surface area contributed by atoms with E-state index in [0.717, 1.165) is 29.9 Å². The first kappa shape index (κ1) is 14.0. The quantitative estimate of drug-likeness (QED) is 0.842. The fourth-order valence-electron chi connectivity index (χ4n) is 2.15. The predicted octanol–water partition coefficient (Wildman–Crippen LogP) is 3.73. The first-order chi connectivity index (χ1) is 10.3. The Balaban J connectivity index is 1.51. The molecule has 0 aliphatic heterocycles. The minimum absolute atomic E-state index is 0.374. The molecule has 1 atom stereocenters. The summed E-state index contributed by atoms with van der Waals surface area (Å²) < 4.78 is 11.4. The summed E-state index contributed by atoms with van der Waals surface area (Å²) in [5.74, 6) is 1.67. The smallest absolute Gasteiger partial charge is 0.120 e. The lowest BCUT2D eigenvalue weighted by atomic mass is 10.1. The van der Waals surface area contributed by atoms with Crippen molar-refractivity contribution in [3.05, 3.63) is 60.2 Å². The van der Waals surface area contributed by atoms with Crippen LogP contribution in [0, 0.1) is 0 Å². The topological polar surface area (TPSA) is 38.7 Å². The van der Waals surface area contributed by atoms with Gasteiger partial charge in [-0.05, 0) is 42.7 Å². The summed E-state index contributed by atoms with van der Waals surface area (Å²) in [6.07, 6.45) is 2.67. The Labute approximate surface area is 125 Å². The van der Waals surface area contributed by atoms with E-state index in [-0.39, 0.29) is 0 Å². The second-order valence-electron chi connectivity index (χ2n) is 5.36. The summed E-state index contributed by atoms with van der Waals surface area (Å²) in [7, 11) is 0. The van der Waals surface area contributed by atoms with Crippen LogP contribution in [0.3, 0.4) is 0 Å². The van der Waals surface area contributed by atoms with Crippen LogP contribution >= 0.6 is 0 Å². The number of rotatable bonds is 7. The van der Waals surface area contributed by atoms with Crippen LogP contribution in [0.4, 0.5) is 0 Å². The van der Waals surface area contributed by atoms with E-state index in [4.69, 9.17) is 9.47 Å². The van der Waals surface area contributed by atoms with Crippen LogP contribution in [0.2, 0.25) is 0 Å². The zero-order chi connectivity index (χ0) is 14.5. The zero-order valence-corrected chi connectivity index (χ0v) is 11.9. The first-order valence-electron chi connectivity index (χ1n) is 7.44. The molecule has 0 spiro atoms. The molecule has 0 saturated heterocycles. The van der Waals surface area contributed by atoms with E-state index in [1.165, 1.54) is 0 Å². The fourth-order valence-corrected chi connectivity index (χ4v) is 2.15. The maximum atomic E-state index is 10.2. The van der Waals surface area contributed by atoms with Gasteiger partial charge in [0.15, 0.2) is 0 Å². The van der Waals surface area contributed by atoms with Gasteiger partial charge in [0.1, 0.15) is 11.5 Å². The lowest BCUT2D eigenvalue weighted by Crippen LogP contribution is -2.06. The fraction of sp³-hybridized carbons (Fsp3) is 0.333. The van der Waals surface area contributed by atoms with Crippen molar-refractivity contribution in [2.75, 3.05) is 6.61 Å². The molecule has 0 bridgehead atoms. The van der Waals surface area contributed by atoms with Gasteiger partial charge in [-0.3, -0.25) is 0 Å². The number of benzene rings is 2. The van der Waals surface area contributed by atoms with E-state index in [1.54, 1.807) is 0 Å². The molecule has 0 heterocycles. The average Bonchev–Trinajstić information content (AvgIpc) is 3.32. The van der Waals surface area contributed by atoms with Gasteiger partial charge in [0, 0.05) is 6.42 Å². The standard InChI is InChI=1S/C18H20O3/c19-18(11-12-20-15-6-2-1-3-7-15)14-5-4-8-17(13-14)21-16-9-10-16/h1-8,13,16,18-19H,9-12H2. The molecule has 110 valence electrons. The lowest BCUT2D eigenvalue weighted by molar-refractivity contribution is 0.140. The summed E-state index contributed by atoms with van der Waals surface area (Å²) in [5, 5.41) is 10.2. The van der Waals surface area contributed by atoms with E-state index in [2.05, 4.69) is 0 Å². The summed E-state index contributed by atoms with van der Waals surface area (Å²) >= 11 is 0. The van der Waals surface area contributed by atoms with Gasteiger partial charge in [-0.2, -0.15) is 0 Å². The zero-order valence-electron chi connectivity index (χ0n) is 11.9.